The van der Waals surface area contributed by atoms with Crippen molar-refractivity contribution in [2.45, 2.75) is 13.8 Å². The molecule has 2 nitrogen and oxygen atoms in total. The van der Waals surface area contributed by atoms with Gasteiger partial charge in [-0.3, -0.25) is 0 Å². The third kappa shape index (κ3) is 2.56. The average molecular weight is 243 g/mol. The molecule has 0 saturated carbocycles. The summed E-state index contributed by atoms with van der Waals surface area (Å²) in [4.78, 5) is 11.4. The van der Waals surface area contributed by atoms with E-state index in [0.29, 0.717) is 5.56 Å². The van der Waals surface area contributed by atoms with Gasteiger partial charge in [0.15, 0.2) is 0 Å². The molecule has 0 aromatic heterocycles. The number of rotatable bonds is 2. The van der Waals surface area contributed by atoms with Crippen LogP contribution in [0, 0.1) is 13.8 Å². The molecule has 0 spiro atoms. The summed E-state index contributed by atoms with van der Waals surface area (Å²) < 4.78 is 4.84. The van der Waals surface area contributed by atoms with Crippen LogP contribution in [0.25, 0.3) is 0 Å². The van der Waals surface area contributed by atoms with E-state index in [0.717, 1.165) is 11.1 Å². The monoisotopic (exact) mass is 242 g/mol. The molecular weight excluding hydrogens is 232 g/mol. The normalized spacial score (nSPS) is 9.77. The predicted octanol–water partition coefficient (Wildman–Crippen LogP) is 2.81. The van der Waals surface area contributed by atoms with E-state index in [2.05, 4.69) is 15.9 Å². The largest absolute Gasteiger partial charge is 0.450 e. The molecule has 3 heteroatoms. The Balaban J connectivity index is 2.99. The number of carbonyl (C=O) groups excluding carboxylic acids is 1. The first-order chi connectivity index (χ1) is 6.15. The summed E-state index contributed by atoms with van der Waals surface area (Å²) in [6, 6.07) is 5.72. The molecule has 1 aromatic carbocycles. The fraction of sp³-hybridized carbons (Fsp3) is 0.300. The number of ether oxygens (including phenoxy) is 1. The molecule has 0 atom stereocenters. The van der Waals surface area contributed by atoms with E-state index in [1.165, 1.54) is 0 Å². The molecule has 0 radical (unpaired) electrons. The van der Waals surface area contributed by atoms with Crippen molar-refractivity contribution in [2.24, 2.45) is 0 Å². The van der Waals surface area contributed by atoms with E-state index < -0.39 is 0 Å². The van der Waals surface area contributed by atoms with Crippen LogP contribution in [0.5, 0.6) is 0 Å². The van der Waals surface area contributed by atoms with Crippen LogP contribution in [0.3, 0.4) is 0 Å². The molecule has 0 fully saturated rings. The predicted molar refractivity (Wildman–Crippen MR) is 55.1 cm³/mol. The molecule has 0 aliphatic heterocycles. The van der Waals surface area contributed by atoms with E-state index in [9.17, 15) is 4.79 Å². The summed E-state index contributed by atoms with van der Waals surface area (Å²) in [5.74, 6) is -0.280. The second-order valence-electron chi connectivity index (χ2n) is 2.86. The number of alkyl halides is 1. The zero-order chi connectivity index (χ0) is 9.84. The van der Waals surface area contributed by atoms with E-state index in [4.69, 9.17) is 4.74 Å². The van der Waals surface area contributed by atoms with Crippen molar-refractivity contribution in [3.63, 3.8) is 0 Å². The van der Waals surface area contributed by atoms with Crippen molar-refractivity contribution >= 4 is 21.9 Å². The number of hydrogen-bond donors (Lipinski definition) is 0. The summed E-state index contributed by atoms with van der Waals surface area (Å²) in [6.45, 7) is 3.84. The standard InChI is InChI=1S/C10H11BrO2/c1-7-3-4-8(2)9(5-7)10(12)13-6-11/h3-5H,6H2,1-2H3. The smallest absolute Gasteiger partial charge is 0.339 e. The Morgan fingerprint density at radius 3 is 2.77 bits per heavy atom. The van der Waals surface area contributed by atoms with Gasteiger partial charge in [0.2, 0.25) is 0 Å². The molecule has 1 aromatic rings. The minimum Gasteiger partial charge on any atom is -0.450 e. The molecule has 0 saturated heterocycles. The van der Waals surface area contributed by atoms with Gasteiger partial charge >= 0.3 is 5.97 Å². The first kappa shape index (κ1) is 10.3. The molecule has 70 valence electrons. The number of benzene rings is 1. The van der Waals surface area contributed by atoms with E-state index in [1.807, 2.05) is 32.0 Å². The molecule has 0 amide bonds. The molecule has 13 heavy (non-hydrogen) atoms. The van der Waals surface area contributed by atoms with Crippen molar-refractivity contribution in [3.05, 3.63) is 34.9 Å². The van der Waals surface area contributed by atoms with E-state index in [-0.39, 0.29) is 11.5 Å². The quantitative estimate of drug-likeness (QED) is 0.589. The summed E-state index contributed by atoms with van der Waals surface area (Å²) in [6.07, 6.45) is 0. The lowest BCUT2D eigenvalue weighted by Crippen LogP contribution is -2.05. The van der Waals surface area contributed by atoms with Crippen LogP contribution in [-0.4, -0.2) is 11.5 Å². The maximum Gasteiger partial charge on any atom is 0.339 e. The maximum absolute atomic E-state index is 11.4. The van der Waals surface area contributed by atoms with Crippen LogP contribution in [0.15, 0.2) is 18.2 Å². The van der Waals surface area contributed by atoms with Gasteiger partial charge in [-0.2, -0.15) is 0 Å². The number of hydrogen-bond acceptors (Lipinski definition) is 2. The van der Waals surface area contributed by atoms with Gasteiger partial charge in [0, 0.05) is 0 Å². The van der Waals surface area contributed by atoms with Crippen molar-refractivity contribution < 1.29 is 9.53 Å². The van der Waals surface area contributed by atoms with Crippen molar-refractivity contribution in [2.75, 3.05) is 5.52 Å². The molecule has 0 bridgehead atoms. The molecular formula is C10H11BrO2. The van der Waals surface area contributed by atoms with Crippen LogP contribution >= 0.6 is 15.9 Å². The highest BCUT2D eigenvalue weighted by atomic mass is 79.9. The molecule has 0 heterocycles. The van der Waals surface area contributed by atoms with Gasteiger partial charge < -0.3 is 4.74 Å². The topological polar surface area (TPSA) is 26.3 Å². The summed E-state index contributed by atoms with van der Waals surface area (Å²) >= 11 is 3.05. The Morgan fingerprint density at radius 2 is 2.15 bits per heavy atom. The minimum absolute atomic E-state index is 0.235. The molecule has 0 aliphatic carbocycles. The van der Waals surface area contributed by atoms with Crippen LogP contribution in [0.4, 0.5) is 0 Å². The van der Waals surface area contributed by atoms with Gasteiger partial charge in [-0.25, -0.2) is 4.79 Å². The van der Waals surface area contributed by atoms with Gasteiger partial charge in [-0.1, -0.05) is 17.7 Å². The van der Waals surface area contributed by atoms with Crippen LogP contribution in [-0.2, 0) is 4.74 Å². The Morgan fingerprint density at radius 1 is 1.46 bits per heavy atom. The number of aryl methyl sites for hydroxylation is 2. The van der Waals surface area contributed by atoms with Gasteiger partial charge in [0.1, 0.15) is 5.52 Å². The number of halogens is 1. The van der Waals surface area contributed by atoms with Crippen LogP contribution in [0.2, 0.25) is 0 Å². The van der Waals surface area contributed by atoms with Crippen LogP contribution in [0.1, 0.15) is 21.5 Å². The second kappa shape index (κ2) is 4.42. The Kier molecular flexibility index (Phi) is 3.48. The van der Waals surface area contributed by atoms with Gasteiger partial charge in [-0.15, -0.1) is 0 Å². The molecule has 0 unspecified atom stereocenters. The SMILES string of the molecule is Cc1ccc(C)c(C(=O)OCBr)c1. The lowest BCUT2D eigenvalue weighted by Gasteiger charge is -2.05. The first-order valence-electron chi connectivity index (χ1n) is 3.95. The Hall–Kier alpha value is -0.830. The number of carbonyl (C=O) groups is 1. The number of esters is 1. The zero-order valence-electron chi connectivity index (χ0n) is 7.63. The highest BCUT2D eigenvalue weighted by Crippen LogP contribution is 2.12. The highest BCUT2D eigenvalue weighted by Gasteiger charge is 2.09. The summed E-state index contributed by atoms with van der Waals surface area (Å²) in [5.41, 5.74) is 2.88. The van der Waals surface area contributed by atoms with Crippen molar-refractivity contribution in [1.82, 2.24) is 0 Å². The lowest BCUT2D eigenvalue weighted by molar-refractivity contribution is 0.0583. The maximum atomic E-state index is 11.4. The fourth-order valence-corrected chi connectivity index (χ4v) is 1.29. The summed E-state index contributed by atoms with van der Waals surface area (Å²) in [5, 5.41) is 0. The molecule has 0 aliphatic rings. The average Bonchev–Trinajstić information content (AvgIpc) is 2.09. The first-order valence-corrected chi connectivity index (χ1v) is 5.07. The van der Waals surface area contributed by atoms with Crippen LogP contribution < -0.4 is 0 Å². The highest BCUT2D eigenvalue weighted by molar-refractivity contribution is 9.09. The van der Waals surface area contributed by atoms with Gasteiger partial charge in [-0.05, 0) is 41.4 Å². The lowest BCUT2D eigenvalue weighted by atomic mass is 10.1. The second-order valence-corrected chi connectivity index (χ2v) is 3.32. The van der Waals surface area contributed by atoms with Crippen molar-refractivity contribution in [1.29, 1.82) is 0 Å². The minimum atomic E-state index is -0.280. The summed E-state index contributed by atoms with van der Waals surface area (Å²) in [7, 11) is 0. The third-order valence-electron chi connectivity index (χ3n) is 1.80. The third-order valence-corrected chi connectivity index (χ3v) is 2.03. The molecule has 1 rings (SSSR count). The van der Waals surface area contributed by atoms with E-state index in [1.54, 1.807) is 0 Å². The van der Waals surface area contributed by atoms with Gasteiger partial charge in [0.05, 0.1) is 5.56 Å². The zero-order valence-corrected chi connectivity index (χ0v) is 9.22. The Bertz CT molecular complexity index is 321. The Labute approximate surface area is 86.0 Å². The van der Waals surface area contributed by atoms with Gasteiger partial charge in [0.25, 0.3) is 0 Å². The molecule has 0 N–H and O–H groups in total. The fourth-order valence-electron chi connectivity index (χ4n) is 1.08. The van der Waals surface area contributed by atoms with Crippen molar-refractivity contribution in [3.8, 4) is 0 Å². The van der Waals surface area contributed by atoms with E-state index >= 15 is 0 Å².